The van der Waals surface area contributed by atoms with Crippen LogP contribution in [0.2, 0.25) is 5.02 Å². The van der Waals surface area contributed by atoms with Crippen LogP contribution >= 0.6 is 23.4 Å². The third kappa shape index (κ3) is 3.88. The third-order valence-electron chi connectivity index (χ3n) is 4.43. The van der Waals surface area contributed by atoms with Gasteiger partial charge >= 0.3 is 0 Å². The van der Waals surface area contributed by atoms with E-state index in [1.807, 2.05) is 35.0 Å². The molecule has 1 aliphatic carbocycles. The third-order valence-corrected chi connectivity index (χ3v) is 5.63. The quantitative estimate of drug-likeness (QED) is 0.598. The predicted molar refractivity (Wildman–Crippen MR) is 96.4 cm³/mol. The highest BCUT2D eigenvalue weighted by atomic mass is 35.5. The van der Waals surface area contributed by atoms with E-state index in [0.717, 1.165) is 35.0 Å². The molecule has 6 nitrogen and oxygen atoms in total. The Balaban J connectivity index is 1.42. The van der Waals surface area contributed by atoms with Crippen LogP contribution < -0.4 is 0 Å². The van der Waals surface area contributed by atoms with Crippen molar-refractivity contribution in [1.82, 2.24) is 25.4 Å². The first-order valence-corrected chi connectivity index (χ1v) is 9.78. The molecule has 1 aromatic carbocycles. The van der Waals surface area contributed by atoms with Gasteiger partial charge in [-0.25, -0.2) is 4.68 Å². The van der Waals surface area contributed by atoms with Gasteiger partial charge in [0.15, 0.2) is 0 Å². The normalized spacial score (nSPS) is 15.6. The van der Waals surface area contributed by atoms with Crippen LogP contribution in [-0.2, 0) is 5.75 Å². The molecule has 4 rings (SSSR count). The van der Waals surface area contributed by atoms with E-state index < -0.39 is 0 Å². The first-order chi connectivity index (χ1) is 12.3. The van der Waals surface area contributed by atoms with Crippen molar-refractivity contribution in [2.45, 2.75) is 49.1 Å². The van der Waals surface area contributed by atoms with Crippen LogP contribution in [0.1, 0.15) is 43.9 Å². The van der Waals surface area contributed by atoms with E-state index in [1.165, 1.54) is 19.3 Å². The van der Waals surface area contributed by atoms with Crippen LogP contribution in [0.5, 0.6) is 0 Å². The maximum Gasteiger partial charge on any atom is 0.210 e. The molecule has 130 valence electrons. The van der Waals surface area contributed by atoms with Crippen molar-refractivity contribution in [3.05, 3.63) is 41.1 Å². The van der Waals surface area contributed by atoms with E-state index in [4.69, 9.17) is 16.1 Å². The van der Waals surface area contributed by atoms with Gasteiger partial charge in [0.05, 0.1) is 11.8 Å². The summed E-state index contributed by atoms with van der Waals surface area (Å²) in [5, 5.41) is 17.9. The Morgan fingerprint density at radius 2 is 1.96 bits per heavy atom. The highest BCUT2D eigenvalue weighted by molar-refractivity contribution is 7.98. The number of halogens is 1. The van der Waals surface area contributed by atoms with Crippen molar-refractivity contribution in [3.8, 4) is 11.3 Å². The molecule has 8 heteroatoms. The van der Waals surface area contributed by atoms with Crippen LogP contribution in [0.3, 0.4) is 0 Å². The Kier molecular flexibility index (Phi) is 5.03. The first kappa shape index (κ1) is 16.6. The summed E-state index contributed by atoms with van der Waals surface area (Å²) >= 11 is 7.51. The molecule has 0 spiro atoms. The van der Waals surface area contributed by atoms with Crippen molar-refractivity contribution in [2.24, 2.45) is 0 Å². The summed E-state index contributed by atoms with van der Waals surface area (Å²) in [6, 6.07) is 9.92. The number of tetrazole rings is 1. The van der Waals surface area contributed by atoms with Gasteiger partial charge in [0, 0.05) is 16.7 Å². The zero-order valence-electron chi connectivity index (χ0n) is 13.6. The zero-order chi connectivity index (χ0) is 17.1. The number of benzene rings is 1. The standard InChI is InChI=1S/C17H18ClN5OS/c18-13-8-6-12(7-9-13)16-10-15(24-20-16)11-25-17-19-21-22-23(17)14-4-2-1-3-5-14/h6-10,14H,1-5,11H2. The molecule has 0 amide bonds. The van der Waals surface area contributed by atoms with E-state index in [-0.39, 0.29) is 0 Å². The molecule has 0 N–H and O–H groups in total. The highest BCUT2D eigenvalue weighted by Gasteiger charge is 2.20. The number of thioether (sulfide) groups is 1. The summed E-state index contributed by atoms with van der Waals surface area (Å²) in [5.74, 6) is 1.45. The second-order valence-electron chi connectivity index (χ2n) is 6.17. The van der Waals surface area contributed by atoms with Gasteiger partial charge in [0.25, 0.3) is 0 Å². The lowest BCUT2D eigenvalue weighted by atomic mass is 9.96. The highest BCUT2D eigenvalue weighted by Crippen LogP contribution is 2.31. The van der Waals surface area contributed by atoms with Crippen molar-refractivity contribution in [2.75, 3.05) is 0 Å². The minimum absolute atomic E-state index is 0.422. The molecular formula is C17H18ClN5OS. The molecule has 2 aromatic heterocycles. The minimum atomic E-state index is 0.422. The molecule has 1 fully saturated rings. The first-order valence-electron chi connectivity index (χ1n) is 8.42. The summed E-state index contributed by atoms with van der Waals surface area (Å²) < 4.78 is 7.42. The summed E-state index contributed by atoms with van der Waals surface area (Å²) in [5.41, 5.74) is 1.79. The lowest BCUT2D eigenvalue weighted by Crippen LogP contribution is -2.15. The Hall–Kier alpha value is -1.86. The largest absolute Gasteiger partial charge is 0.360 e. The summed E-state index contributed by atoms with van der Waals surface area (Å²) in [7, 11) is 0. The van der Waals surface area contributed by atoms with Gasteiger partial charge in [-0.2, -0.15) is 0 Å². The van der Waals surface area contributed by atoms with Crippen LogP contribution in [0.25, 0.3) is 11.3 Å². The van der Waals surface area contributed by atoms with E-state index in [2.05, 4.69) is 20.7 Å². The maximum absolute atomic E-state index is 5.92. The maximum atomic E-state index is 5.92. The van der Waals surface area contributed by atoms with Crippen LogP contribution in [0.15, 0.2) is 40.0 Å². The fraction of sp³-hybridized carbons (Fsp3) is 0.412. The molecule has 3 aromatic rings. The van der Waals surface area contributed by atoms with E-state index in [0.29, 0.717) is 16.8 Å². The van der Waals surface area contributed by atoms with Crippen molar-refractivity contribution in [3.63, 3.8) is 0 Å². The van der Waals surface area contributed by atoms with Crippen molar-refractivity contribution >= 4 is 23.4 Å². The molecule has 1 saturated carbocycles. The lowest BCUT2D eigenvalue weighted by Gasteiger charge is -2.21. The molecule has 0 bridgehead atoms. The molecule has 25 heavy (non-hydrogen) atoms. The number of aromatic nitrogens is 5. The lowest BCUT2D eigenvalue weighted by molar-refractivity contribution is 0.307. The zero-order valence-corrected chi connectivity index (χ0v) is 15.2. The van der Waals surface area contributed by atoms with Crippen LogP contribution in [0, 0.1) is 0 Å². The number of nitrogens with zero attached hydrogens (tertiary/aromatic N) is 5. The fourth-order valence-electron chi connectivity index (χ4n) is 3.11. The van der Waals surface area contributed by atoms with Gasteiger partial charge < -0.3 is 4.52 Å². The molecule has 0 aliphatic heterocycles. The average Bonchev–Trinajstić information content (AvgIpc) is 3.31. The molecule has 2 heterocycles. The predicted octanol–water partition coefficient (Wildman–Crippen LogP) is 4.78. The Bertz CT molecular complexity index is 826. The smallest absolute Gasteiger partial charge is 0.210 e. The van der Waals surface area contributed by atoms with Gasteiger partial charge in [-0.05, 0) is 35.4 Å². The number of rotatable bonds is 5. The topological polar surface area (TPSA) is 69.6 Å². The molecule has 1 aliphatic rings. The van der Waals surface area contributed by atoms with Gasteiger partial charge in [0.1, 0.15) is 11.5 Å². The van der Waals surface area contributed by atoms with E-state index in [1.54, 1.807) is 11.8 Å². The van der Waals surface area contributed by atoms with Gasteiger partial charge in [-0.3, -0.25) is 0 Å². The van der Waals surface area contributed by atoms with E-state index in [9.17, 15) is 0 Å². The Morgan fingerprint density at radius 3 is 2.76 bits per heavy atom. The second-order valence-corrected chi connectivity index (χ2v) is 7.55. The number of hydrogen-bond acceptors (Lipinski definition) is 6. The Morgan fingerprint density at radius 1 is 1.16 bits per heavy atom. The summed E-state index contributed by atoms with van der Waals surface area (Å²) in [6.45, 7) is 0. The second kappa shape index (κ2) is 7.58. The monoisotopic (exact) mass is 375 g/mol. The number of hydrogen-bond donors (Lipinski definition) is 0. The molecule has 0 atom stereocenters. The van der Waals surface area contributed by atoms with Crippen molar-refractivity contribution < 1.29 is 4.52 Å². The summed E-state index contributed by atoms with van der Waals surface area (Å²) in [6.07, 6.45) is 6.12. The molecule has 0 unspecified atom stereocenters. The van der Waals surface area contributed by atoms with Crippen LogP contribution in [-0.4, -0.2) is 25.4 Å². The SMILES string of the molecule is Clc1ccc(-c2cc(CSc3nnnn3C3CCCCC3)on2)cc1. The molecule has 0 radical (unpaired) electrons. The molecular weight excluding hydrogens is 358 g/mol. The van der Waals surface area contributed by atoms with Gasteiger partial charge in [-0.1, -0.05) is 59.9 Å². The fourth-order valence-corrected chi connectivity index (χ4v) is 4.05. The Labute approximate surface area is 154 Å². The average molecular weight is 376 g/mol. The summed E-state index contributed by atoms with van der Waals surface area (Å²) in [4.78, 5) is 0. The minimum Gasteiger partial charge on any atom is -0.360 e. The molecule has 0 saturated heterocycles. The van der Waals surface area contributed by atoms with Crippen molar-refractivity contribution in [1.29, 1.82) is 0 Å². The van der Waals surface area contributed by atoms with Gasteiger partial charge in [-0.15, -0.1) is 5.10 Å². The van der Waals surface area contributed by atoms with E-state index >= 15 is 0 Å². The van der Waals surface area contributed by atoms with Crippen LogP contribution in [0.4, 0.5) is 0 Å². The van der Waals surface area contributed by atoms with Gasteiger partial charge in [0.2, 0.25) is 5.16 Å².